The summed E-state index contributed by atoms with van der Waals surface area (Å²) in [6.45, 7) is 0. The molecule has 18 heavy (non-hydrogen) atoms. The molecule has 0 fully saturated rings. The minimum Gasteiger partial charge on any atom is -0.550 e. The number of aromatic nitrogens is 1. The molecular formula is C8H8NO8S-. The molecule has 0 aliphatic heterocycles. The van der Waals surface area contributed by atoms with Gasteiger partial charge in [-0.2, -0.15) is 8.42 Å². The van der Waals surface area contributed by atoms with Gasteiger partial charge in [-0.05, 0) is 5.16 Å². The molecule has 9 nitrogen and oxygen atoms in total. The number of methoxy groups -OCH3 is 1. The first-order valence-electron chi connectivity index (χ1n) is 4.40. The molecule has 1 aromatic rings. The SMILES string of the molecule is COC(=O)c1c(OS(C)(=O)=O)noc1CC(=O)[O-]. The minimum atomic E-state index is -3.95. The Morgan fingerprint density at radius 2 is 2.06 bits per heavy atom. The molecule has 0 saturated heterocycles. The van der Waals surface area contributed by atoms with Crippen LogP contribution in [0.3, 0.4) is 0 Å². The van der Waals surface area contributed by atoms with E-state index in [0.29, 0.717) is 0 Å². The third kappa shape index (κ3) is 3.45. The van der Waals surface area contributed by atoms with Crippen molar-refractivity contribution in [3.8, 4) is 5.88 Å². The van der Waals surface area contributed by atoms with Gasteiger partial charge >= 0.3 is 16.1 Å². The molecule has 1 rings (SSSR count). The molecule has 0 N–H and O–H groups in total. The van der Waals surface area contributed by atoms with E-state index < -0.39 is 45.7 Å². The van der Waals surface area contributed by atoms with Gasteiger partial charge in [-0.1, -0.05) is 0 Å². The number of hydrogen-bond acceptors (Lipinski definition) is 9. The van der Waals surface area contributed by atoms with Gasteiger partial charge in [0.2, 0.25) is 0 Å². The monoisotopic (exact) mass is 278 g/mol. The van der Waals surface area contributed by atoms with E-state index in [-0.39, 0.29) is 0 Å². The molecule has 0 spiro atoms. The van der Waals surface area contributed by atoms with E-state index in [2.05, 4.69) is 18.6 Å². The van der Waals surface area contributed by atoms with Crippen LogP contribution in [0.15, 0.2) is 4.52 Å². The topological polar surface area (TPSA) is 136 Å². The Balaban J connectivity index is 3.23. The Labute approximate surface area is 101 Å². The van der Waals surface area contributed by atoms with Gasteiger partial charge in [0, 0.05) is 12.4 Å². The van der Waals surface area contributed by atoms with E-state index in [0.717, 1.165) is 13.4 Å². The zero-order valence-corrected chi connectivity index (χ0v) is 10.1. The lowest BCUT2D eigenvalue weighted by Crippen LogP contribution is -2.25. The number of nitrogens with zero attached hydrogens (tertiary/aromatic N) is 1. The average molecular weight is 278 g/mol. The molecule has 0 aromatic carbocycles. The Hall–Kier alpha value is -2.10. The van der Waals surface area contributed by atoms with Crippen molar-refractivity contribution >= 4 is 22.1 Å². The van der Waals surface area contributed by atoms with Crippen molar-refractivity contribution in [2.45, 2.75) is 6.42 Å². The summed E-state index contributed by atoms with van der Waals surface area (Å²) >= 11 is 0. The second-order valence-corrected chi connectivity index (χ2v) is 4.69. The van der Waals surface area contributed by atoms with Crippen molar-refractivity contribution in [1.82, 2.24) is 5.16 Å². The van der Waals surface area contributed by atoms with E-state index in [4.69, 9.17) is 0 Å². The van der Waals surface area contributed by atoms with Crippen LogP contribution in [0.25, 0.3) is 0 Å². The number of carboxylic acid groups (broad SMARTS) is 1. The van der Waals surface area contributed by atoms with Crippen LogP contribution in [0.4, 0.5) is 0 Å². The van der Waals surface area contributed by atoms with E-state index >= 15 is 0 Å². The number of carboxylic acids is 1. The molecule has 1 aromatic heterocycles. The van der Waals surface area contributed by atoms with Gasteiger partial charge in [0.1, 0.15) is 0 Å². The van der Waals surface area contributed by atoms with Crippen molar-refractivity contribution in [2.24, 2.45) is 0 Å². The quantitative estimate of drug-likeness (QED) is 0.446. The van der Waals surface area contributed by atoms with Crippen molar-refractivity contribution in [3.05, 3.63) is 11.3 Å². The Morgan fingerprint density at radius 1 is 1.44 bits per heavy atom. The first kappa shape index (κ1) is 14.0. The third-order valence-electron chi connectivity index (χ3n) is 1.66. The molecule has 0 amide bonds. The summed E-state index contributed by atoms with van der Waals surface area (Å²) in [5, 5.41) is 13.6. The van der Waals surface area contributed by atoms with E-state index in [1.807, 2.05) is 0 Å². The van der Waals surface area contributed by atoms with E-state index in [1.54, 1.807) is 0 Å². The number of aliphatic carboxylic acids is 1. The average Bonchev–Trinajstić information content (AvgIpc) is 2.56. The summed E-state index contributed by atoms with van der Waals surface area (Å²) in [6, 6.07) is 0. The highest BCUT2D eigenvalue weighted by Gasteiger charge is 2.27. The highest BCUT2D eigenvalue weighted by atomic mass is 32.2. The van der Waals surface area contributed by atoms with Crippen molar-refractivity contribution in [1.29, 1.82) is 0 Å². The van der Waals surface area contributed by atoms with Crippen LogP contribution in [0.1, 0.15) is 16.1 Å². The fourth-order valence-corrected chi connectivity index (χ4v) is 1.46. The molecule has 0 atom stereocenters. The van der Waals surface area contributed by atoms with Crippen molar-refractivity contribution in [3.63, 3.8) is 0 Å². The largest absolute Gasteiger partial charge is 0.550 e. The molecule has 0 aliphatic carbocycles. The maximum Gasteiger partial charge on any atom is 0.347 e. The lowest BCUT2D eigenvalue weighted by Gasteiger charge is -2.02. The van der Waals surface area contributed by atoms with Crippen LogP contribution in [0.5, 0.6) is 5.88 Å². The van der Waals surface area contributed by atoms with Crippen LogP contribution in [0, 0.1) is 0 Å². The molecule has 0 bridgehead atoms. The summed E-state index contributed by atoms with van der Waals surface area (Å²) in [7, 11) is -2.93. The maximum absolute atomic E-state index is 11.4. The second-order valence-electron chi connectivity index (χ2n) is 3.11. The summed E-state index contributed by atoms with van der Waals surface area (Å²) in [4.78, 5) is 21.8. The molecule has 0 unspecified atom stereocenters. The van der Waals surface area contributed by atoms with Crippen LogP contribution in [-0.4, -0.2) is 38.9 Å². The molecule has 100 valence electrons. The summed E-state index contributed by atoms with van der Waals surface area (Å²) < 4.78 is 35.1. The maximum atomic E-state index is 11.4. The zero-order chi connectivity index (χ0) is 13.9. The van der Waals surface area contributed by atoms with E-state index in [1.165, 1.54) is 0 Å². The van der Waals surface area contributed by atoms with Crippen LogP contribution in [0.2, 0.25) is 0 Å². The van der Waals surface area contributed by atoms with E-state index in [9.17, 15) is 23.1 Å². The van der Waals surface area contributed by atoms with Crippen LogP contribution >= 0.6 is 0 Å². The molecule has 0 aliphatic rings. The molecule has 0 radical (unpaired) electrons. The van der Waals surface area contributed by atoms with Gasteiger partial charge in [-0.15, -0.1) is 0 Å². The molecule has 10 heteroatoms. The second kappa shape index (κ2) is 5.04. The number of ether oxygens (including phenoxy) is 1. The Kier molecular flexibility index (Phi) is 3.91. The first-order valence-corrected chi connectivity index (χ1v) is 6.22. The normalized spacial score (nSPS) is 11.0. The summed E-state index contributed by atoms with van der Waals surface area (Å²) in [5.41, 5.74) is -0.507. The standard InChI is InChI=1S/C8H9NO8S/c1-15-8(12)6-4(3-5(10)11)16-9-7(6)17-18(2,13)14/h3H2,1-2H3,(H,10,11)/p-1. The predicted molar refractivity (Wildman–Crippen MR) is 52.0 cm³/mol. The first-order chi connectivity index (χ1) is 8.24. The number of carbonyl (C=O) groups excluding carboxylic acids is 2. The van der Waals surface area contributed by atoms with Gasteiger partial charge in [0.25, 0.3) is 5.88 Å². The number of rotatable bonds is 5. The molecule has 0 saturated carbocycles. The smallest absolute Gasteiger partial charge is 0.347 e. The van der Waals surface area contributed by atoms with Gasteiger partial charge < -0.3 is 23.3 Å². The summed E-state index contributed by atoms with van der Waals surface area (Å²) in [5.74, 6) is -3.67. The van der Waals surface area contributed by atoms with Crippen molar-refractivity contribution in [2.75, 3.05) is 13.4 Å². The van der Waals surface area contributed by atoms with Gasteiger partial charge in [0.05, 0.1) is 13.4 Å². The fourth-order valence-electron chi connectivity index (χ4n) is 1.06. The predicted octanol–water partition coefficient (Wildman–Crippen LogP) is -1.91. The molecule has 1 heterocycles. The van der Waals surface area contributed by atoms with Gasteiger partial charge in [-0.25, -0.2) is 4.79 Å². The summed E-state index contributed by atoms with van der Waals surface area (Å²) in [6.07, 6.45) is -0.0499. The minimum absolute atomic E-state index is 0.416. The number of carbonyl (C=O) groups is 2. The van der Waals surface area contributed by atoms with Gasteiger partial charge in [0.15, 0.2) is 11.3 Å². The highest BCUT2D eigenvalue weighted by molar-refractivity contribution is 7.86. The number of esters is 1. The third-order valence-corrected chi connectivity index (χ3v) is 2.12. The molecular weight excluding hydrogens is 270 g/mol. The fraction of sp³-hybridized carbons (Fsp3) is 0.375. The lowest BCUT2D eigenvalue weighted by atomic mass is 10.2. The van der Waals surface area contributed by atoms with Crippen molar-refractivity contribution < 1.29 is 36.6 Å². The Bertz CT molecular complexity index is 572. The lowest BCUT2D eigenvalue weighted by molar-refractivity contribution is -0.305. The van der Waals surface area contributed by atoms with Crippen LogP contribution < -0.4 is 9.29 Å². The Morgan fingerprint density at radius 3 is 2.50 bits per heavy atom. The van der Waals surface area contributed by atoms with Crippen LogP contribution in [-0.2, 0) is 26.1 Å². The van der Waals surface area contributed by atoms with Gasteiger partial charge in [-0.3, -0.25) is 0 Å². The zero-order valence-electron chi connectivity index (χ0n) is 9.33. The number of hydrogen-bond donors (Lipinski definition) is 0. The highest BCUT2D eigenvalue weighted by Crippen LogP contribution is 2.24.